The molecule has 1 N–H and O–H groups in total. The van der Waals surface area contributed by atoms with Crippen LogP contribution in [0.3, 0.4) is 0 Å². The van der Waals surface area contributed by atoms with E-state index < -0.39 is 0 Å². The van der Waals surface area contributed by atoms with Crippen LogP contribution in [0.15, 0.2) is 53.2 Å². The number of benzene rings is 2. The summed E-state index contributed by atoms with van der Waals surface area (Å²) in [5.74, 6) is 1.30. The largest absolute Gasteiger partial charge is 0.497 e. The normalized spacial score (nSPS) is 11.5. The zero-order chi connectivity index (χ0) is 18.7. The highest BCUT2D eigenvalue weighted by Gasteiger charge is 2.14. The minimum atomic E-state index is -0.160. The van der Waals surface area contributed by atoms with Crippen molar-refractivity contribution in [3.8, 4) is 22.6 Å². The van der Waals surface area contributed by atoms with Gasteiger partial charge in [0.15, 0.2) is 0 Å². The molecule has 0 saturated carbocycles. The Bertz CT molecular complexity index is 968. The monoisotopic (exact) mass is 351 g/mol. The summed E-state index contributed by atoms with van der Waals surface area (Å²) in [6.07, 6.45) is 3.28. The van der Waals surface area contributed by atoms with Crippen LogP contribution in [0.2, 0.25) is 0 Å². The van der Waals surface area contributed by atoms with Crippen LogP contribution in [0.1, 0.15) is 12.5 Å². The smallest absolute Gasteiger partial charge is 0.244 e. The van der Waals surface area contributed by atoms with Gasteiger partial charge in [0.25, 0.3) is 0 Å². The first kappa shape index (κ1) is 17.6. The molecule has 0 aliphatic carbocycles. The number of hydrogen-bond acceptors (Lipinski definition) is 4. The van der Waals surface area contributed by atoms with E-state index >= 15 is 0 Å². The molecule has 0 aliphatic rings. The number of amides is 1. The molecule has 0 spiro atoms. The zero-order valence-corrected chi connectivity index (χ0v) is 15.3. The summed E-state index contributed by atoms with van der Waals surface area (Å²) >= 11 is 0. The number of fused-ring (bicyclic) bond motifs is 1. The lowest BCUT2D eigenvalue weighted by atomic mass is 9.99. The number of carbonyl (C=O) groups is 1. The lowest BCUT2D eigenvalue weighted by molar-refractivity contribution is -0.116. The average Bonchev–Trinajstić information content (AvgIpc) is 3.09. The van der Waals surface area contributed by atoms with Crippen LogP contribution in [-0.2, 0) is 4.79 Å². The molecule has 5 nitrogen and oxygen atoms in total. The molecular weight excluding hydrogens is 330 g/mol. The van der Waals surface area contributed by atoms with Crippen LogP contribution in [0, 0.1) is 0 Å². The maximum atomic E-state index is 11.7. The van der Waals surface area contributed by atoms with Gasteiger partial charge in [-0.1, -0.05) is 12.1 Å². The van der Waals surface area contributed by atoms with Crippen molar-refractivity contribution < 1.29 is 18.7 Å². The van der Waals surface area contributed by atoms with Gasteiger partial charge in [-0.15, -0.1) is 0 Å². The van der Waals surface area contributed by atoms with E-state index in [-0.39, 0.29) is 5.91 Å². The third-order valence-electron chi connectivity index (χ3n) is 4.32. The van der Waals surface area contributed by atoms with E-state index in [4.69, 9.17) is 13.9 Å². The van der Waals surface area contributed by atoms with Crippen molar-refractivity contribution in [2.45, 2.75) is 6.92 Å². The van der Waals surface area contributed by atoms with Gasteiger partial charge < -0.3 is 19.2 Å². The van der Waals surface area contributed by atoms with E-state index in [9.17, 15) is 4.79 Å². The molecule has 1 heterocycles. The Morgan fingerprint density at radius 2 is 1.85 bits per heavy atom. The number of nitrogens with one attached hydrogen (secondary N) is 1. The average molecular weight is 351 g/mol. The molecule has 3 aromatic rings. The Morgan fingerprint density at radius 1 is 1.12 bits per heavy atom. The Kier molecular flexibility index (Phi) is 4.98. The minimum absolute atomic E-state index is 0.160. The van der Waals surface area contributed by atoms with E-state index in [0.717, 1.165) is 39.0 Å². The number of furan rings is 1. The zero-order valence-electron chi connectivity index (χ0n) is 15.3. The van der Waals surface area contributed by atoms with Crippen molar-refractivity contribution >= 4 is 22.4 Å². The number of hydrogen-bond donors (Lipinski definition) is 1. The fourth-order valence-corrected chi connectivity index (χ4v) is 2.87. The molecule has 0 fully saturated rings. The van der Waals surface area contributed by atoms with E-state index in [1.54, 1.807) is 33.6 Å². The van der Waals surface area contributed by atoms with Gasteiger partial charge in [0.2, 0.25) is 5.91 Å². The van der Waals surface area contributed by atoms with E-state index in [1.165, 1.54) is 0 Å². The van der Waals surface area contributed by atoms with Gasteiger partial charge in [-0.2, -0.15) is 0 Å². The van der Waals surface area contributed by atoms with Crippen molar-refractivity contribution in [3.63, 3.8) is 0 Å². The van der Waals surface area contributed by atoms with Gasteiger partial charge in [0.1, 0.15) is 17.1 Å². The SMILES string of the molecule is CNC(=O)/C=C(\C)c1cc2c(-c3ccc(OC)cc3)coc2cc1OC. The first-order chi connectivity index (χ1) is 12.6. The molecule has 134 valence electrons. The number of likely N-dealkylation sites (N-methyl/N-ethyl adjacent to an activating group) is 1. The number of allylic oxidation sites excluding steroid dienone is 1. The summed E-state index contributed by atoms with van der Waals surface area (Å²) in [4.78, 5) is 11.7. The third kappa shape index (κ3) is 3.28. The summed E-state index contributed by atoms with van der Waals surface area (Å²) in [7, 11) is 4.85. The van der Waals surface area contributed by atoms with Crippen molar-refractivity contribution in [3.05, 3.63) is 54.3 Å². The van der Waals surface area contributed by atoms with Crippen LogP contribution in [-0.4, -0.2) is 27.2 Å². The van der Waals surface area contributed by atoms with E-state index in [0.29, 0.717) is 5.75 Å². The molecule has 2 aromatic carbocycles. The summed E-state index contributed by atoms with van der Waals surface area (Å²) in [6.45, 7) is 1.88. The predicted octanol–water partition coefficient (Wildman–Crippen LogP) is 4.27. The third-order valence-corrected chi connectivity index (χ3v) is 4.32. The van der Waals surface area contributed by atoms with Gasteiger partial charge in [-0.25, -0.2) is 0 Å². The van der Waals surface area contributed by atoms with Crippen molar-refractivity contribution in [2.24, 2.45) is 0 Å². The highest BCUT2D eigenvalue weighted by molar-refractivity contribution is 6.00. The maximum Gasteiger partial charge on any atom is 0.244 e. The first-order valence-corrected chi connectivity index (χ1v) is 8.21. The molecule has 0 atom stereocenters. The van der Waals surface area contributed by atoms with Gasteiger partial charge in [-0.05, 0) is 36.3 Å². The Morgan fingerprint density at radius 3 is 2.46 bits per heavy atom. The van der Waals surface area contributed by atoms with Gasteiger partial charge >= 0.3 is 0 Å². The van der Waals surface area contributed by atoms with E-state index in [1.807, 2.05) is 43.3 Å². The number of rotatable bonds is 5. The van der Waals surface area contributed by atoms with Crippen LogP contribution < -0.4 is 14.8 Å². The lowest BCUT2D eigenvalue weighted by Gasteiger charge is -2.10. The van der Waals surface area contributed by atoms with Crippen LogP contribution >= 0.6 is 0 Å². The molecule has 0 radical (unpaired) electrons. The molecule has 5 heteroatoms. The highest BCUT2D eigenvalue weighted by Crippen LogP contribution is 2.37. The highest BCUT2D eigenvalue weighted by atomic mass is 16.5. The van der Waals surface area contributed by atoms with Crippen molar-refractivity contribution in [2.75, 3.05) is 21.3 Å². The minimum Gasteiger partial charge on any atom is -0.497 e. The summed E-state index contributed by atoms with van der Waals surface area (Å²) in [5.41, 5.74) is 4.38. The van der Waals surface area contributed by atoms with Gasteiger partial charge in [0.05, 0.1) is 20.5 Å². The Hall–Kier alpha value is -3.21. The van der Waals surface area contributed by atoms with Crippen LogP contribution in [0.4, 0.5) is 0 Å². The summed E-state index contributed by atoms with van der Waals surface area (Å²) in [6, 6.07) is 11.6. The van der Waals surface area contributed by atoms with Gasteiger partial charge in [0, 0.05) is 35.7 Å². The van der Waals surface area contributed by atoms with Crippen LogP contribution in [0.5, 0.6) is 11.5 Å². The standard InChI is InChI=1S/C21H21NO4/c1-13(9-21(23)22-2)16-10-17-18(12-26-20(17)11-19(16)25-4)14-5-7-15(24-3)8-6-14/h5-12H,1-4H3,(H,22,23)/b13-9+. The topological polar surface area (TPSA) is 60.7 Å². The molecule has 26 heavy (non-hydrogen) atoms. The molecule has 0 saturated heterocycles. The molecular formula is C21H21NO4. The second-order valence-corrected chi connectivity index (χ2v) is 5.87. The number of ether oxygens (including phenoxy) is 2. The van der Waals surface area contributed by atoms with Crippen molar-refractivity contribution in [1.82, 2.24) is 5.32 Å². The summed E-state index contributed by atoms with van der Waals surface area (Å²) in [5, 5.41) is 3.55. The first-order valence-electron chi connectivity index (χ1n) is 8.21. The second-order valence-electron chi connectivity index (χ2n) is 5.87. The van der Waals surface area contributed by atoms with Crippen LogP contribution in [0.25, 0.3) is 27.7 Å². The second kappa shape index (κ2) is 7.35. The number of methoxy groups -OCH3 is 2. The van der Waals surface area contributed by atoms with E-state index in [2.05, 4.69) is 5.32 Å². The number of carbonyl (C=O) groups excluding carboxylic acids is 1. The molecule has 0 bridgehead atoms. The Balaban J connectivity index is 2.14. The quantitative estimate of drug-likeness (QED) is 0.698. The fraction of sp³-hybridized carbons (Fsp3) is 0.190. The Labute approximate surface area is 152 Å². The fourth-order valence-electron chi connectivity index (χ4n) is 2.87. The van der Waals surface area contributed by atoms with Crippen molar-refractivity contribution in [1.29, 1.82) is 0 Å². The lowest BCUT2D eigenvalue weighted by Crippen LogP contribution is -2.14. The molecule has 0 aliphatic heterocycles. The predicted molar refractivity (Wildman–Crippen MR) is 102 cm³/mol. The molecule has 3 rings (SSSR count). The molecule has 1 aromatic heterocycles. The molecule has 0 unspecified atom stereocenters. The maximum absolute atomic E-state index is 11.7. The molecule has 1 amide bonds. The summed E-state index contributed by atoms with van der Waals surface area (Å²) < 4.78 is 16.4. The van der Waals surface area contributed by atoms with Gasteiger partial charge in [-0.3, -0.25) is 4.79 Å².